The highest BCUT2D eigenvalue weighted by molar-refractivity contribution is 5.98. The number of nitrogens with zero attached hydrogens (tertiary/aromatic N) is 1. The van der Waals surface area contributed by atoms with Crippen molar-refractivity contribution in [1.82, 2.24) is 10.2 Å². The normalized spacial score (nSPS) is 18.1. The third-order valence-corrected chi connectivity index (χ3v) is 3.64. The summed E-state index contributed by atoms with van der Waals surface area (Å²) in [4.78, 5) is 24.5. The average Bonchev–Trinajstić information content (AvgIpc) is 2.52. The molecule has 1 unspecified atom stereocenters. The van der Waals surface area contributed by atoms with E-state index in [1.807, 2.05) is 0 Å². The minimum Gasteiger partial charge on any atom is -0.449 e. The van der Waals surface area contributed by atoms with Gasteiger partial charge >= 0.3 is 24.5 Å². The number of alkyl halides is 6. The first-order chi connectivity index (χ1) is 12.3. The first-order valence-electron chi connectivity index (χ1n) is 7.63. The van der Waals surface area contributed by atoms with Crippen molar-refractivity contribution in [2.75, 3.05) is 6.61 Å². The number of nitrogens with one attached hydrogen (secondary N) is 1. The summed E-state index contributed by atoms with van der Waals surface area (Å²) in [6.45, 7) is 2.86. The molecule has 1 aliphatic heterocycles. The predicted octanol–water partition coefficient (Wildman–Crippen LogP) is 4.64. The predicted molar refractivity (Wildman–Crippen MR) is 81.3 cm³/mol. The van der Waals surface area contributed by atoms with Gasteiger partial charge in [-0.05, 0) is 43.7 Å². The molecule has 1 N–H and O–H groups in total. The van der Waals surface area contributed by atoms with Crippen molar-refractivity contribution in [2.24, 2.45) is 0 Å². The molecule has 1 aromatic carbocycles. The minimum absolute atomic E-state index is 0.0109. The van der Waals surface area contributed by atoms with Gasteiger partial charge in [0.25, 0.3) is 0 Å². The highest BCUT2D eigenvalue weighted by Gasteiger charge is 2.38. The smallest absolute Gasteiger partial charge is 0.418 e. The van der Waals surface area contributed by atoms with Gasteiger partial charge in [0.2, 0.25) is 0 Å². The fraction of sp³-hybridized carbons (Fsp3) is 0.375. The van der Waals surface area contributed by atoms with Crippen LogP contribution in [-0.4, -0.2) is 29.7 Å². The number of amides is 3. The van der Waals surface area contributed by atoms with Gasteiger partial charge in [-0.15, -0.1) is 0 Å². The Balaban J connectivity index is 2.50. The number of ether oxygens (including phenoxy) is 1. The Labute approximate surface area is 149 Å². The van der Waals surface area contributed by atoms with E-state index in [0.717, 1.165) is 6.08 Å². The monoisotopic (exact) mass is 396 g/mol. The first-order valence-corrected chi connectivity index (χ1v) is 7.63. The lowest BCUT2D eigenvalue weighted by Crippen LogP contribution is -2.51. The summed E-state index contributed by atoms with van der Waals surface area (Å²) in [5, 5.41) is 2.12. The van der Waals surface area contributed by atoms with Gasteiger partial charge < -0.3 is 10.1 Å². The van der Waals surface area contributed by atoms with Gasteiger partial charge in [-0.25, -0.2) is 14.5 Å². The second-order valence-electron chi connectivity index (χ2n) is 5.61. The van der Waals surface area contributed by atoms with Crippen molar-refractivity contribution in [1.29, 1.82) is 0 Å². The molecule has 0 spiro atoms. The van der Waals surface area contributed by atoms with Gasteiger partial charge in [0.05, 0.1) is 23.8 Å². The molecule has 1 aromatic rings. The number of imide groups is 1. The Morgan fingerprint density at radius 3 is 2.04 bits per heavy atom. The van der Waals surface area contributed by atoms with Crippen LogP contribution >= 0.6 is 0 Å². The number of halogens is 6. The van der Waals surface area contributed by atoms with Crippen molar-refractivity contribution in [3.8, 4) is 0 Å². The third-order valence-electron chi connectivity index (χ3n) is 3.64. The maximum atomic E-state index is 13.0. The maximum absolute atomic E-state index is 13.0. The standard InChI is InChI=1S/C16H14F6N2O3/c1-3-27-14(26)24-8(2)4-12(23-13(24)25)9-5-10(15(17,18)19)7-11(6-9)16(20,21)22/h4-8H,3H2,1-2H3,(H,23,25). The minimum atomic E-state index is -5.02. The molecule has 0 aliphatic carbocycles. The van der Waals surface area contributed by atoms with Gasteiger partial charge in [-0.3, -0.25) is 0 Å². The van der Waals surface area contributed by atoms with Crippen LogP contribution < -0.4 is 5.32 Å². The van der Waals surface area contributed by atoms with Crippen molar-refractivity contribution >= 4 is 17.8 Å². The fourth-order valence-electron chi connectivity index (χ4n) is 2.44. The van der Waals surface area contributed by atoms with E-state index >= 15 is 0 Å². The molecule has 1 heterocycles. The molecule has 0 radical (unpaired) electrons. The summed E-state index contributed by atoms with van der Waals surface area (Å²) in [6.07, 6.45) is -9.86. The second kappa shape index (κ2) is 7.12. The third kappa shape index (κ3) is 4.52. The lowest BCUT2D eigenvalue weighted by molar-refractivity contribution is -0.143. The molecule has 5 nitrogen and oxygen atoms in total. The highest BCUT2D eigenvalue weighted by Crippen LogP contribution is 2.37. The summed E-state index contributed by atoms with van der Waals surface area (Å²) in [5.74, 6) is 0. The molecular weight excluding hydrogens is 382 g/mol. The van der Waals surface area contributed by atoms with E-state index in [4.69, 9.17) is 4.74 Å². The molecule has 1 aliphatic rings. The largest absolute Gasteiger partial charge is 0.449 e. The van der Waals surface area contributed by atoms with Crippen LogP contribution in [0.15, 0.2) is 24.3 Å². The van der Waals surface area contributed by atoms with E-state index in [2.05, 4.69) is 5.32 Å². The molecule has 0 aromatic heterocycles. The molecule has 1 atom stereocenters. The van der Waals surface area contributed by atoms with Crippen LogP contribution in [0.3, 0.4) is 0 Å². The molecule has 3 amide bonds. The second-order valence-corrected chi connectivity index (χ2v) is 5.61. The van der Waals surface area contributed by atoms with Crippen LogP contribution in [0, 0.1) is 0 Å². The summed E-state index contributed by atoms with van der Waals surface area (Å²) in [5.41, 5.74) is -3.78. The Morgan fingerprint density at radius 1 is 1.11 bits per heavy atom. The quantitative estimate of drug-likeness (QED) is 0.742. The van der Waals surface area contributed by atoms with E-state index in [-0.39, 0.29) is 18.4 Å². The van der Waals surface area contributed by atoms with Crippen molar-refractivity contribution in [3.05, 3.63) is 41.0 Å². The van der Waals surface area contributed by atoms with Crippen LogP contribution in [0.1, 0.15) is 30.5 Å². The number of rotatable bonds is 2. The Bertz CT molecular complexity index is 753. The highest BCUT2D eigenvalue weighted by atomic mass is 19.4. The molecule has 0 bridgehead atoms. The number of hydrogen-bond donors (Lipinski definition) is 1. The summed E-state index contributed by atoms with van der Waals surface area (Å²) in [7, 11) is 0. The molecule has 148 valence electrons. The van der Waals surface area contributed by atoms with Crippen LogP contribution in [0.5, 0.6) is 0 Å². The lowest BCUT2D eigenvalue weighted by Gasteiger charge is -2.30. The maximum Gasteiger partial charge on any atom is 0.418 e. The average molecular weight is 396 g/mol. The number of hydrogen-bond acceptors (Lipinski definition) is 3. The zero-order valence-corrected chi connectivity index (χ0v) is 14.0. The summed E-state index contributed by atoms with van der Waals surface area (Å²) in [6, 6.07) is -0.994. The van der Waals surface area contributed by atoms with E-state index in [0.29, 0.717) is 17.0 Å². The number of carbonyl (C=O) groups is 2. The van der Waals surface area contributed by atoms with Crippen molar-refractivity contribution in [3.63, 3.8) is 0 Å². The van der Waals surface area contributed by atoms with Gasteiger partial charge in [-0.2, -0.15) is 26.3 Å². The Kier molecular flexibility index (Phi) is 5.43. The van der Waals surface area contributed by atoms with E-state index < -0.39 is 47.2 Å². The number of benzene rings is 1. The Hall–Kier alpha value is -2.72. The van der Waals surface area contributed by atoms with Gasteiger partial charge in [0.15, 0.2) is 0 Å². The van der Waals surface area contributed by atoms with Gasteiger partial charge in [0.1, 0.15) is 0 Å². The van der Waals surface area contributed by atoms with E-state index in [1.165, 1.54) is 13.8 Å². The molecule has 0 saturated carbocycles. The fourth-order valence-corrected chi connectivity index (χ4v) is 2.44. The van der Waals surface area contributed by atoms with Crippen LogP contribution in [0.25, 0.3) is 5.70 Å². The molecule has 0 saturated heterocycles. The molecule has 0 fully saturated rings. The molecular formula is C16H14F6N2O3. The SMILES string of the molecule is CCOC(=O)N1C(=O)NC(c2cc(C(F)(F)F)cc(C(F)(F)F)c2)=CC1C. The lowest BCUT2D eigenvalue weighted by atomic mass is 10.0. The van der Waals surface area contributed by atoms with E-state index in [1.54, 1.807) is 0 Å². The Morgan fingerprint density at radius 2 is 1.63 bits per heavy atom. The van der Waals surface area contributed by atoms with Crippen LogP contribution in [0.2, 0.25) is 0 Å². The van der Waals surface area contributed by atoms with Gasteiger partial charge in [0, 0.05) is 5.70 Å². The van der Waals surface area contributed by atoms with Crippen LogP contribution in [-0.2, 0) is 17.1 Å². The first kappa shape index (κ1) is 20.6. The van der Waals surface area contributed by atoms with Crippen molar-refractivity contribution in [2.45, 2.75) is 32.2 Å². The topological polar surface area (TPSA) is 58.6 Å². The van der Waals surface area contributed by atoms with Crippen LogP contribution in [0.4, 0.5) is 35.9 Å². The number of carbonyl (C=O) groups excluding carboxylic acids is 2. The zero-order chi connectivity index (χ0) is 20.6. The van der Waals surface area contributed by atoms with Crippen molar-refractivity contribution < 1.29 is 40.7 Å². The molecule has 2 rings (SSSR count). The molecule has 27 heavy (non-hydrogen) atoms. The zero-order valence-electron chi connectivity index (χ0n) is 14.0. The molecule has 11 heteroatoms. The number of urea groups is 1. The van der Waals surface area contributed by atoms with E-state index in [9.17, 15) is 35.9 Å². The summed E-state index contributed by atoms with van der Waals surface area (Å²) >= 11 is 0. The van der Waals surface area contributed by atoms with Gasteiger partial charge in [-0.1, -0.05) is 0 Å². The summed E-state index contributed by atoms with van der Waals surface area (Å²) < 4.78 is 82.5.